The number of carbonyl (C=O) groups excluding carboxylic acids is 2. The van der Waals surface area contributed by atoms with Crippen molar-refractivity contribution in [3.05, 3.63) is 59.9 Å². The van der Waals surface area contributed by atoms with Gasteiger partial charge in [-0.2, -0.15) is 0 Å². The van der Waals surface area contributed by atoms with Crippen LogP contribution in [0.25, 0.3) is 11.0 Å². The molecule has 7 nitrogen and oxygen atoms in total. The van der Waals surface area contributed by atoms with Crippen LogP contribution in [0.15, 0.2) is 48.5 Å². The summed E-state index contributed by atoms with van der Waals surface area (Å²) in [5.74, 6) is 0.994. The molecule has 1 aliphatic carbocycles. The number of ether oxygens (including phenoxy) is 2. The summed E-state index contributed by atoms with van der Waals surface area (Å²) in [5.41, 5.74) is 2.76. The van der Waals surface area contributed by atoms with Gasteiger partial charge in [0.2, 0.25) is 0 Å². The smallest absolute Gasteiger partial charge is 0.326 e. The van der Waals surface area contributed by atoms with E-state index in [1.54, 1.807) is 12.0 Å². The first-order chi connectivity index (χ1) is 15.1. The summed E-state index contributed by atoms with van der Waals surface area (Å²) in [4.78, 5) is 31.7. The number of aryl methyl sites for hydroxylation is 1. The Morgan fingerprint density at radius 1 is 1.13 bits per heavy atom. The van der Waals surface area contributed by atoms with Gasteiger partial charge in [0.05, 0.1) is 18.1 Å². The van der Waals surface area contributed by atoms with Crippen molar-refractivity contribution in [1.29, 1.82) is 0 Å². The maximum atomic E-state index is 12.8. The predicted molar refractivity (Wildman–Crippen MR) is 117 cm³/mol. The normalized spacial score (nSPS) is 13.2. The summed E-state index contributed by atoms with van der Waals surface area (Å²) in [6.45, 7) is 2.29. The molecule has 1 amide bonds. The van der Waals surface area contributed by atoms with E-state index < -0.39 is 5.97 Å². The molecular weight excluding hydrogens is 394 g/mol. The van der Waals surface area contributed by atoms with Crippen LogP contribution in [0, 0.1) is 0 Å². The van der Waals surface area contributed by atoms with Crippen molar-refractivity contribution in [2.24, 2.45) is 0 Å². The van der Waals surface area contributed by atoms with E-state index in [4.69, 9.17) is 9.47 Å². The molecule has 0 unspecified atom stereocenters. The fourth-order valence-electron chi connectivity index (χ4n) is 3.71. The molecular formula is C24H27N3O4. The average Bonchev–Trinajstić information content (AvgIpc) is 3.58. The fraction of sp³-hybridized carbons (Fsp3) is 0.375. The first kappa shape index (κ1) is 20.9. The minimum absolute atomic E-state index is 0.0406. The molecule has 7 heteroatoms. The zero-order chi connectivity index (χ0) is 21.8. The quantitative estimate of drug-likeness (QED) is 0.496. The Labute approximate surface area is 181 Å². The van der Waals surface area contributed by atoms with E-state index in [-0.39, 0.29) is 25.1 Å². The van der Waals surface area contributed by atoms with E-state index in [1.807, 2.05) is 60.0 Å². The Morgan fingerprint density at radius 2 is 1.87 bits per heavy atom. The Hall–Kier alpha value is -3.35. The number of para-hydroxylation sites is 2. The number of amides is 1. The van der Waals surface area contributed by atoms with Crippen molar-refractivity contribution in [2.45, 2.75) is 45.3 Å². The van der Waals surface area contributed by atoms with Gasteiger partial charge in [0.15, 0.2) is 6.61 Å². The van der Waals surface area contributed by atoms with E-state index in [9.17, 15) is 9.59 Å². The summed E-state index contributed by atoms with van der Waals surface area (Å²) < 4.78 is 12.4. The highest BCUT2D eigenvalue weighted by Gasteiger charge is 2.33. The van der Waals surface area contributed by atoms with Crippen LogP contribution in [0.3, 0.4) is 0 Å². The van der Waals surface area contributed by atoms with Crippen molar-refractivity contribution < 1.29 is 19.1 Å². The summed E-state index contributed by atoms with van der Waals surface area (Å²) in [7, 11) is 1.62. The van der Waals surface area contributed by atoms with E-state index in [1.165, 1.54) is 0 Å². The van der Waals surface area contributed by atoms with Gasteiger partial charge in [0.25, 0.3) is 5.91 Å². The second kappa shape index (κ2) is 9.20. The van der Waals surface area contributed by atoms with Crippen LogP contribution in [0.1, 0.15) is 31.2 Å². The average molecular weight is 421 g/mol. The minimum Gasteiger partial charge on any atom is -0.497 e. The van der Waals surface area contributed by atoms with Crippen molar-refractivity contribution in [3.8, 4) is 5.75 Å². The molecule has 0 spiro atoms. The zero-order valence-electron chi connectivity index (χ0n) is 17.9. The number of rotatable bonds is 9. The molecule has 0 atom stereocenters. The molecule has 1 aliphatic rings. The van der Waals surface area contributed by atoms with Gasteiger partial charge in [-0.25, -0.2) is 4.98 Å². The first-order valence-electron chi connectivity index (χ1n) is 10.6. The van der Waals surface area contributed by atoms with Gasteiger partial charge in [0.1, 0.15) is 18.1 Å². The molecule has 4 rings (SSSR count). The molecule has 162 valence electrons. The molecule has 3 aromatic rings. The maximum Gasteiger partial charge on any atom is 0.326 e. The number of hydrogen-bond donors (Lipinski definition) is 0. The molecule has 1 heterocycles. The molecule has 0 N–H and O–H groups in total. The number of methoxy groups -OCH3 is 1. The van der Waals surface area contributed by atoms with Crippen LogP contribution in [0.4, 0.5) is 0 Å². The maximum absolute atomic E-state index is 12.8. The van der Waals surface area contributed by atoms with Gasteiger partial charge >= 0.3 is 5.97 Å². The Morgan fingerprint density at radius 3 is 2.55 bits per heavy atom. The number of carbonyl (C=O) groups is 2. The lowest BCUT2D eigenvalue weighted by Gasteiger charge is -2.22. The lowest BCUT2D eigenvalue weighted by atomic mass is 10.2. The number of benzene rings is 2. The highest BCUT2D eigenvalue weighted by Crippen LogP contribution is 2.29. The molecule has 1 aromatic heterocycles. The monoisotopic (exact) mass is 421 g/mol. The van der Waals surface area contributed by atoms with E-state index in [0.717, 1.165) is 41.0 Å². The van der Waals surface area contributed by atoms with E-state index in [2.05, 4.69) is 4.98 Å². The summed E-state index contributed by atoms with van der Waals surface area (Å²) >= 11 is 0. The number of fused-ring (bicyclic) bond motifs is 1. The molecule has 0 saturated heterocycles. The molecule has 0 radical (unpaired) electrons. The third kappa shape index (κ3) is 4.87. The van der Waals surface area contributed by atoms with Gasteiger partial charge in [-0.1, -0.05) is 31.2 Å². The highest BCUT2D eigenvalue weighted by molar-refractivity contribution is 5.82. The molecule has 0 bridgehead atoms. The predicted octanol–water partition coefficient (Wildman–Crippen LogP) is 3.34. The number of aromatic nitrogens is 2. The van der Waals surface area contributed by atoms with Gasteiger partial charge in [-0.3, -0.25) is 9.59 Å². The second-order valence-electron chi connectivity index (χ2n) is 7.72. The van der Waals surface area contributed by atoms with E-state index in [0.29, 0.717) is 13.0 Å². The SMILES string of the molecule is CCc1nc2ccccc2n1CC(=O)OCC(=O)N(Cc1ccc(OC)cc1)C1CC1. The summed E-state index contributed by atoms with van der Waals surface area (Å²) in [6, 6.07) is 15.6. The molecule has 1 saturated carbocycles. The van der Waals surface area contributed by atoms with Crippen molar-refractivity contribution >= 4 is 22.9 Å². The standard InChI is InChI=1S/C24H27N3O4/c1-3-22-25-20-6-4-5-7-21(20)27(22)15-24(29)31-16-23(28)26(18-10-11-18)14-17-8-12-19(30-2)13-9-17/h4-9,12-13,18H,3,10-11,14-16H2,1-2H3. The number of nitrogens with zero attached hydrogens (tertiary/aromatic N) is 3. The van der Waals surface area contributed by atoms with Crippen LogP contribution in [0.5, 0.6) is 5.75 Å². The van der Waals surface area contributed by atoms with Gasteiger partial charge in [-0.05, 0) is 42.7 Å². The summed E-state index contributed by atoms with van der Waals surface area (Å²) in [5, 5.41) is 0. The Balaban J connectivity index is 1.37. The third-order valence-corrected chi connectivity index (χ3v) is 5.51. The molecule has 0 aliphatic heterocycles. The highest BCUT2D eigenvalue weighted by atomic mass is 16.5. The Bertz CT molecular complexity index is 1070. The van der Waals surface area contributed by atoms with Crippen LogP contribution >= 0.6 is 0 Å². The number of imidazole rings is 1. The van der Waals surface area contributed by atoms with Gasteiger partial charge < -0.3 is 18.9 Å². The zero-order valence-corrected chi connectivity index (χ0v) is 17.9. The minimum atomic E-state index is -0.439. The van der Waals surface area contributed by atoms with Crippen LogP contribution in [0.2, 0.25) is 0 Å². The molecule has 1 fully saturated rings. The molecule has 31 heavy (non-hydrogen) atoms. The van der Waals surface area contributed by atoms with Crippen molar-refractivity contribution in [2.75, 3.05) is 13.7 Å². The van der Waals surface area contributed by atoms with Gasteiger partial charge in [0, 0.05) is 19.0 Å². The largest absolute Gasteiger partial charge is 0.497 e. The third-order valence-electron chi connectivity index (χ3n) is 5.51. The van der Waals surface area contributed by atoms with Crippen molar-refractivity contribution in [3.63, 3.8) is 0 Å². The summed E-state index contributed by atoms with van der Waals surface area (Å²) in [6.07, 6.45) is 2.67. The van der Waals surface area contributed by atoms with Crippen molar-refractivity contribution in [1.82, 2.24) is 14.5 Å². The van der Waals surface area contributed by atoms with Crippen LogP contribution in [-0.2, 0) is 33.8 Å². The Kier molecular flexibility index (Phi) is 6.21. The lowest BCUT2D eigenvalue weighted by Crippen LogP contribution is -2.36. The first-order valence-corrected chi connectivity index (χ1v) is 10.6. The lowest BCUT2D eigenvalue weighted by molar-refractivity contribution is -0.153. The number of hydrogen-bond acceptors (Lipinski definition) is 5. The number of esters is 1. The van der Waals surface area contributed by atoms with Crippen LogP contribution in [-0.4, -0.2) is 46.1 Å². The van der Waals surface area contributed by atoms with Gasteiger partial charge in [-0.15, -0.1) is 0 Å². The fourth-order valence-corrected chi connectivity index (χ4v) is 3.71. The molecule has 2 aromatic carbocycles. The topological polar surface area (TPSA) is 73.7 Å². The van der Waals surface area contributed by atoms with Crippen LogP contribution < -0.4 is 4.74 Å². The second-order valence-corrected chi connectivity index (χ2v) is 7.72. The van der Waals surface area contributed by atoms with E-state index >= 15 is 0 Å².